The van der Waals surface area contributed by atoms with E-state index in [-0.39, 0.29) is 7.43 Å². The summed E-state index contributed by atoms with van der Waals surface area (Å²) in [4.78, 5) is 33.0. The number of halogens is 3. The summed E-state index contributed by atoms with van der Waals surface area (Å²) in [6.07, 6.45) is 0.416. The van der Waals surface area contributed by atoms with Crippen LogP contribution >= 0.6 is 0 Å². The van der Waals surface area contributed by atoms with E-state index in [1.165, 1.54) is 34.4 Å². The van der Waals surface area contributed by atoms with E-state index in [0.29, 0.717) is 23.4 Å². The van der Waals surface area contributed by atoms with E-state index in [9.17, 15) is 22.8 Å². The Kier molecular flexibility index (Phi) is 13.2. The maximum Gasteiger partial charge on any atom is 0.416 e. The van der Waals surface area contributed by atoms with Gasteiger partial charge in [0.2, 0.25) is 0 Å². The zero-order valence-electron chi connectivity index (χ0n) is 26.5. The van der Waals surface area contributed by atoms with Crippen molar-refractivity contribution < 1.29 is 33.0 Å². The molecule has 254 valence electrons. The second kappa shape index (κ2) is 16.8. The summed E-state index contributed by atoms with van der Waals surface area (Å²) in [6, 6.07) is 17.9. The molecule has 0 spiro atoms. The normalized spacial score (nSPS) is 13.8. The molecule has 11 heteroatoms. The molecule has 2 N–H and O–H groups in total. The molecule has 1 aliphatic rings. The van der Waals surface area contributed by atoms with Gasteiger partial charge in [0.05, 0.1) is 17.0 Å². The Morgan fingerprint density at radius 2 is 1.12 bits per heavy atom. The SMILES string of the molecule is C.Cc1cc(-c2cc(CN3CCN(Cc4ccnc(-c5ccc(C(F)(F)F)cc5)c4)CC3)ccn2)cc(C)c1C.O=C(O)/C=C\C(=O)O. The standard InChI is InChI=1S/C32H33F3N4.C4H4O4.CH4/c1-22-16-28(17-23(2)24(22)3)31-19-26(9-11-37-31)21-39-14-12-38(13-15-39)20-25-8-10-36-30(18-25)27-4-6-29(7-5-27)32(33,34)35;5-3(6)1-2-4(7)8;/h4-11,16-19H,12-15,20-21H2,1-3H3;1-2H,(H,5,6)(H,7,8);1H4/b;2-1-;. The molecule has 1 saturated heterocycles. The van der Waals surface area contributed by atoms with Crippen LogP contribution in [-0.4, -0.2) is 68.1 Å². The molecule has 8 nitrogen and oxygen atoms in total. The van der Waals surface area contributed by atoms with E-state index >= 15 is 0 Å². The number of carbonyl (C=O) groups is 2. The average molecular weight is 663 g/mol. The van der Waals surface area contributed by atoms with Gasteiger partial charge < -0.3 is 10.2 Å². The highest BCUT2D eigenvalue weighted by Crippen LogP contribution is 2.31. The van der Waals surface area contributed by atoms with Gasteiger partial charge in [-0.2, -0.15) is 13.2 Å². The first-order valence-corrected chi connectivity index (χ1v) is 15.0. The number of aliphatic carboxylic acids is 2. The van der Waals surface area contributed by atoms with E-state index in [1.807, 2.05) is 18.3 Å². The Bertz CT molecular complexity index is 1690. The molecule has 2 aromatic heterocycles. The van der Waals surface area contributed by atoms with Crippen molar-refractivity contribution in [3.63, 3.8) is 0 Å². The zero-order chi connectivity index (χ0) is 34.1. The summed E-state index contributed by atoms with van der Waals surface area (Å²) in [5.41, 5.74) is 9.17. The summed E-state index contributed by atoms with van der Waals surface area (Å²) in [6.45, 7) is 12.0. The predicted molar refractivity (Wildman–Crippen MR) is 180 cm³/mol. The highest BCUT2D eigenvalue weighted by atomic mass is 19.4. The lowest BCUT2D eigenvalue weighted by molar-refractivity contribution is -0.137. The molecule has 0 unspecified atom stereocenters. The van der Waals surface area contributed by atoms with Crippen LogP contribution in [0.5, 0.6) is 0 Å². The molecule has 1 aliphatic heterocycles. The molecule has 0 atom stereocenters. The minimum Gasteiger partial charge on any atom is -0.478 e. The van der Waals surface area contributed by atoms with Crippen molar-refractivity contribution in [2.75, 3.05) is 26.2 Å². The fourth-order valence-corrected chi connectivity index (χ4v) is 5.24. The van der Waals surface area contributed by atoms with Crippen LogP contribution in [0.3, 0.4) is 0 Å². The number of hydrogen-bond donors (Lipinski definition) is 2. The van der Waals surface area contributed by atoms with Gasteiger partial charge in [-0.05, 0) is 97.1 Å². The predicted octanol–water partition coefficient (Wildman–Crippen LogP) is 7.42. The Hall–Kier alpha value is -4.87. The lowest BCUT2D eigenvalue weighted by Gasteiger charge is -2.34. The minimum atomic E-state index is -4.34. The van der Waals surface area contributed by atoms with Gasteiger partial charge in [0.15, 0.2) is 0 Å². The molecule has 3 heterocycles. The van der Waals surface area contributed by atoms with Crippen molar-refractivity contribution in [1.82, 2.24) is 19.8 Å². The highest BCUT2D eigenvalue weighted by Gasteiger charge is 2.30. The third kappa shape index (κ3) is 10.9. The van der Waals surface area contributed by atoms with Crippen molar-refractivity contribution in [3.05, 3.63) is 119 Å². The van der Waals surface area contributed by atoms with Crippen molar-refractivity contribution in [3.8, 4) is 22.5 Å². The number of alkyl halides is 3. The van der Waals surface area contributed by atoms with Crippen molar-refractivity contribution in [1.29, 1.82) is 0 Å². The maximum absolute atomic E-state index is 12.9. The molecule has 48 heavy (non-hydrogen) atoms. The van der Waals surface area contributed by atoms with Gasteiger partial charge in [-0.25, -0.2) is 9.59 Å². The molecule has 2 aromatic carbocycles. The van der Waals surface area contributed by atoms with Crippen LogP contribution in [0.4, 0.5) is 13.2 Å². The number of nitrogens with zero attached hydrogens (tertiary/aromatic N) is 4. The van der Waals surface area contributed by atoms with Crippen molar-refractivity contribution in [2.24, 2.45) is 0 Å². The molecular weight excluding hydrogens is 621 g/mol. The molecule has 1 fully saturated rings. The van der Waals surface area contributed by atoms with Gasteiger partial charge >= 0.3 is 18.1 Å². The number of pyridine rings is 2. The Morgan fingerprint density at radius 1 is 0.708 bits per heavy atom. The number of carboxylic acids is 2. The molecule has 0 aliphatic carbocycles. The molecule has 0 bridgehead atoms. The molecule has 0 amide bonds. The topological polar surface area (TPSA) is 107 Å². The average Bonchev–Trinajstić information content (AvgIpc) is 3.03. The van der Waals surface area contributed by atoms with E-state index < -0.39 is 23.7 Å². The number of hydrogen-bond acceptors (Lipinski definition) is 6. The first-order chi connectivity index (χ1) is 22.3. The maximum atomic E-state index is 12.9. The van der Waals surface area contributed by atoms with E-state index in [0.717, 1.165) is 68.2 Å². The number of carboxylic acid groups (broad SMARTS) is 2. The van der Waals surface area contributed by atoms with Crippen LogP contribution in [-0.2, 0) is 28.9 Å². The summed E-state index contributed by atoms with van der Waals surface area (Å²) < 4.78 is 38.7. The first-order valence-electron chi connectivity index (χ1n) is 15.0. The van der Waals surface area contributed by atoms with Crippen LogP contribution < -0.4 is 0 Å². The third-order valence-corrected chi connectivity index (χ3v) is 8.03. The Balaban J connectivity index is 0.000000619. The second-order valence-electron chi connectivity index (χ2n) is 11.5. The third-order valence-electron chi connectivity index (χ3n) is 8.03. The smallest absolute Gasteiger partial charge is 0.416 e. The lowest BCUT2D eigenvalue weighted by atomic mass is 9.98. The number of aryl methyl sites for hydroxylation is 2. The van der Waals surface area contributed by atoms with Gasteiger partial charge in [0.25, 0.3) is 0 Å². The fraction of sp³-hybridized carbons (Fsp3) is 0.297. The fourth-order valence-electron chi connectivity index (χ4n) is 5.24. The quantitative estimate of drug-likeness (QED) is 0.188. The Labute approximate surface area is 279 Å². The van der Waals surface area contributed by atoms with Crippen molar-refractivity contribution >= 4 is 11.9 Å². The van der Waals surface area contributed by atoms with E-state index in [1.54, 1.807) is 6.20 Å². The number of benzene rings is 2. The number of rotatable bonds is 8. The van der Waals surface area contributed by atoms with Gasteiger partial charge in [0.1, 0.15) is 0 Å². The number of aromatic nitrogens is 2. The molecule has 5 rings (SSSR count). The van der Waals surface area contributed by atoms with Gasteiger partial charge in [0, 0.05) is 74.9 Å². The monoisotopic (exact) mass is 662 g/mol. The van der Waals surface area contributed by atoms with E-state index in [2.05, 4.69) is 64.8 Å². The van der Waals surface area contributed by atoms with Crippen LogP contribution in [0, 0.1) is 20.8 Å². The zero-order valence-corrected chi connectivity index (χ0v) is 26.5. The molecular formula is C37H41F3N4O4. The van der Waals surface area contributed by atoms with Gasteiger partial charge in [-0.15, -0.1) is 0 Å². The van der Waals surface area contributed by atoms with Crippen LogP contribution in [0.1, 0.15) is 40.8 Å². The van der Waals surface area contributed by atoms with Crippen LogP contribution in [0.2, 0.25) is 0 Å². The summed E-state index contributed by atoms with van der Waals surface area (Å²) >= 11 is 0. The first kappa shape index (κ1) is 37.6. The van der Waals surface area contributed by atoms with Gasteiger partial charge in [-0.1, -0.05) is 19.6 Å². The summed E-state index contributed by atoms with van der Waals surface area (Å²) in [5, 5.41) is 15.6. The van der Waals surface area contributed by atoms with Crippen LogP contribution in [0.15, 0.2) is 85.2 Å². The number of piperazine rings is 1. The molecule has 0 saturated carbocycles. The summed E-state index contributed by atoms with van der Waals surface area (Å²) in [5.74, 6) is -2.51. The molecule has 0 radical (unpaired) electrons. The second-order valence-corrected chi connectivity index (χ2v) is 11.5. The van der Waals surface area contributed by atoms with Crippen LogP contribution in [0.25, 0.3) is 22.5 Å². The minimum absolute atomic E-state index is 0. The van der Waals surface area contributed by atoms with Gasteiger partial charge in [-0.3, -0.25) is 19.8 Å². The lowest BCUT2D eigenvalue weighted by Crippen LogP contribution is -2.45. The largest absolute Gasteiger partial charge is 0.478 e. The van der Waals surface area contributed by atoms with Crippen molar-refractivity contribution in [2.45, 2.75) is 47.5 Å². The van der Waals surface area contributed by atoms with E-state index in [4.69, 9.17) is 10.2 Å². The summed E-state index contributed by atoms with van der Waals surface area (Å²) in [7, 11) is 0. The highest BCUT2D eigenvalue weighted by molar-refractivity contribution is 5.89. The Morgan fingerprint density at radius 3 is 1.52 bits per heavy atom. The molecule has 4 aromatic rings.